The molecule has 1 saturated heterocycles. The molecule has 1 aromatic carbocycles. The molecule has 0 aromatic heterocycles. The second kappa shape index (κ2) is 6.13. The summed E-state index contributed by atoms with van der Waals surface area (Å²) >= 11 is 0. The standard InChI is InChI=1S/C18H25N3O2/c19-16-4-1-5-17-15(16)3-2-6-21(17)18(22)13-11-14(12-13)20-7-9-23-10-8-20/h1,4-5,13-14H,2-3,6-12,19H2. The van der Waals surface area contributed by atoms with Crippen molar-refractivity contribution < 1.29 is 9.53 Å². The van der Waals surface area contributed by atoms with Crippen molar-refractivity contribution in [2.45, 2.75) is 31.7 Å². The molecular weight excluding hydrogens is 290 g/mol. The fraction of sp³-hybridized carbons (Fsp3) is 0.611. The molecule has 1 aliphatic carbocycles. The van der Waals surface area contributed by atoms with Crippen molar-refractivity contribution >= 4 is 17.3 Å². The van der Waals surface area contributed by atoms with Crippen LogP contribution in [0.25, 0.3) is 0 Å². The van der Waals surface area contributed by atoms with Gasteiger partial charge in [-0.15, -0.1) is 0 Å². The van der Waals surface area contributed by atoms with Gasteiger partial charge in [0, 0.05) is 43.0 Å². The van der Waals surface area contributed by atoms with Crippen LogP contribution in [0.5, 0.6) is 0 Å². The van der Waals surface area contributed by atoms with Crippen LogP contribution in [0.1, 0.15) is 24.8 Å². The number of rotatable bonds is 2. The van der Waals surface area contributed by atoms with Crippen LogP contribution in [0.2, 0.25) is 0 Å². The molecular formula is C18H25N3O2. The van der Waals surface area contributed by atoms with Crippen LogP contribution in [-0.4, -0.2) is 49.7 Å². The van der Waals surface area contributed by atoms with Crippen molar-refractivity contribution in [3.8, 4) is 0 Å². The lowest BCUT2D eigenvalue weighted by molar-refractivity contribution is -0.128. The van der Waals surface area contributed by atoms with E-state index < -0.39 is 0 Å². The van der Waals surface area contributed by atoms with Crippen LogP contribution in [0.3, 0.4) is 0 Å². The average Bonchev–Trinajstić information content (AvgIpc) is 2.54. The number of nitrogen functional groups attached to an aromatic ring is 1. The van der Waals surface area contributed by atoms with E-state index in [0.717, 1.165) is 75.5 Å². The van der Waals surface area contributed by atoms with E-state index in [-0.39, 0.29) is 5.92 Å². The van der Waals surface area contributed by atoms with E-state index in [1.165, 1.54) is 0 Å². The Morgan fingerprint density at radius 1 is 1.17 bits per heavy atom. The first-order valence-corrected chi connectivity index (χ1v) is 8.74. The lowest BCUT2D eigenvalue weighted by Gasteiger charge is -2.45. The van der Waals surface area contributed by atoms with Gasteiger partial charge in [-0.05, 0) is 43.4 Å². The summed E-state index contributed by atoms with van der Waals surface area (Å²) in [5.74, 6) is 0.469. The molecule has 0 spiro atoms. The van der Waals surface area contributed by atoms with E-state index in [9.17, 15) is 4.79 Å². The van der Waals surface area contributed by atoms with E-state index in [1.807, 2.05) is 23.1 Å². The lowest BCUT2D eigenvalue weighted by Crippen LogP contribution is -2.54. The number of ether oxygens (including phenoxy) is 1. The molecule has 1 aromatic rings. The van der Waals surface area contributed by atoms with Crippen LogP contribution in [0.4, 0.5) is 11.4 Å². The third-order valence-electron chi connectivity index (χ3n) is 5.58. The minimum atomic E-state index is 0.176. The molecule has 4 rings (SSSR count). The van der Waals surface area contributed by atoms with E-state index >= 15 is 0 Å². The molecule has 1 saturated carbocycles. The summed E-state index contributed by atoms with van der Waals surface area (Å²) in [5, 5.41) is 0. The highest BCUT2D eigenvalue weighted by atomic mass is 16.5. The van der Waals surface area contributed by atoms with Gasteiger partial charge in [-0.25, -0.2) is 0 Å². The number of fused-ring (bicyclic) bond motifs is 1. The number of carbonyl (C=O) groups is 1. The van der Waals surface area contributed by atoms with Crippen molar-refractivity contribution in [3.63, 3.8) is 0 Å². The Balaban J connectivity index is 1.42. The second-order valence-corrected chi connectivity index (χ2v) is 6.91. The fourth-order valence-corrected chi connectivity index (χ4v) is 4.13. The van der Waals surface area contributed by atoms with Gasteiger partial charge in [0.05, 0.1) is 13.2 Å². The van der Waals surface area contributed by atoms with E-state index in [0.29, 0.717) is 11.9 Å². The molecule has 124 valence electrons. The summed E-state index contributed by atoms with van der Waals surface area (Å²) in [6.45, 7) is 4.50. The summed E-state index contributed by atoms with van der Waals surface area (Å²) in [6.07, 6.45) is 3.97. The predicted molar refractivity (Wildman–Crippen MR) is 90.4 cm³/mol. The lowest BCUT2D eigenvalue weighted by atomic mass is 9.77. The zero-order chi connectivity index (χ0) is 15.8. The molecule has 3 aliphatic rings. The molecule has 2 fully saturated rings. The zero-order valence-corrected chi connectivity index (χ0v) is 13.5. The molecule has 5 heteroatoms. The van der Waals surface area contributed by atoms with Gasteiger partial charge >= 0.3 is 0 Å². The first-order valence-electron chi connectivity index (χ1n) is 8.74. The Hall–Kier alpha value is -1.59. The van der Waals surface area contributed by atoms with Crippen LogP contribution in [0, 0.1) is 5.92 Å². The summed E-state index contributed by atoms with van der Waals surface area (Å²) in [7, 11) is 0. The molecule has 5 nitrogen and oxygen atoms in total. The van der Waals surface area contributed by atoms with Gasteiger partial charge in [0.15, 0.2) is 0 Å². The smallest absolute Gasteiger partial charge is 0.230 e. The van der Waals surface area contributed by atoms with Crippen LogP contribution in [0.15, 0.2) is 18.2 Å². The minimum Gasteiger partial charge on any atom is -0.398 e. The number of hydrogen-bond acceptors (Lipinski definition) is 4. The number of anilines is 2. The molecule has 2 heterocycles. The van der Waals surface area contributed by atoms with E-state index in [2.05, 4.69) is 4.90 Å². The molecule has 23 heavy (non-hydrogen) atoms. The van der Waals surface area contributed by atoms with Gasteiger partial charge in [0.2, 0.25) is 5.91 Å². The number of morpholine rings is 1. The quantitative estimate of drug-likeness (QED) is 0.843. The minimum absolute atomic E-state index is 0.176. The fourth-order valence-electron chi connectivity index (χ4n) is 4.13. The molecule has 0 atom stereocenters. The summed E-state index contributed by atoms with van der Waals surface area (Å²) in [5.41, 5.74) is 9.10. The number of carbonyl (C=O) groups excluding carboxylic acids is 1. The summed E-state index contributed by atoms with van der Waals surface area (Å²) in [6, 6.07) is 6.50. The van der Waals surface area contributed by atoms with Crippen LogP contribution in [-0.2, 0) is 16.0 Å². The Bertz CT molecular complexity index is 592. The first kappa shape index (κ1) is 15.0. The second-order valence-electron chi connectivity index (χ2n) is 6.91. The molecule has 2 N–H and O–H groups in total. The molecule has 2 aliphatic heterocycles. The number of nitrogens with zero attached hydrogens (tertiary/aromatic N) is 2. The first-order chi connectivity index (χ1) is 11.2. The average molecular weight is 315 g/mol. The van der Waals surface area contributed by atoms with Crippen molar-refractivity contribution in [1.82, 2.24) is 4.90 Å². The number of amides is 1. The zero-order valence-electron chi connectivity index (χ0n) is 13.5. The van der Waals surface area contributed by atoms with Crippen molar-refractivity contribution in [3.05, 3.63) is 23.8 Å². The van der Waals surface area contributed by atoms with Gasteiger partial charge < -0.3 is 15.4 Å². The topological polar surface area (TPSA) is 58.8 Å². The maximum Gasteiger partial charge on any atom is 0.230 e. The van der Waals surface area contributed by atoms with Crippen molar-refractivity contribution in [1.29, 1.82) is 0 Å². The molecule has 0 unspecified atom stereocenters. The number of hydrogen-bond donors (Lipinski definition) is 1. The van der Waals surface area contributed by atoms with E-state index in [1.54, 1.807) is 0 Å². The molecule has 1 amide bonds. The third kappa shape index (κ3) is 2.72. The van der Waals surface area contributed by atoms with Gasteiger partial charge in [0.25, 0.3) is 0 Å². The Kier molecular flexibility index (Phi) is 3.99. The highest BCUT2D eigenvalue weighted by molar-refractivity contribution is 5.97. The SMILES string of the molecule is Nc1cccc2c1CCCN2C(=O)C1CC(N2CCOCC2)C1. The number of nitrogens with two attached hydrogens (primary N) is 1. The maximum atomic E-state index is 12.9. The Morgan fingerprint density at radius 3 is 2.74 bits per heavy atom. The summed E-state index contributed by atoms with van der Waals surface area (Å²) in [4.78, 5) is 17.4. The predicted octanol–water partition coefficient (Wildman–Crippen LogP) is 1.66. The third-order valence-corrected chi connectivity index (χ3v) is 5.58. The van der Waals surface area contributed by atoms with Gasteiger partial charge in [-0.3, -0.25) is 9.69 Å². The Morgan fingerprint density at radius 2 is 1.96 bits per heavy atom. The maximum absolute atomic E-state index is 12.9. The summed E-state index contributed by atoms with van der Waals surface area (Å²) < 4.78 is 5.41. The monoisotopic (exact) mass is 315 g/mol. The Labute approximate surface area is 137 Å². The molecule has 0 bridgehead atoms. The van der Waals surface area contributed by atoms with Crippen molar-refractivity contribution in [2.24, 2.45) is 5.92 Å². The van der Waals surface area contributed by atoms with E-state index in [4.69, 9.17) is 10.5 Å². The highest BCUT2D eigenvalue weighted by Crippen LogP contribution is 2.38. The largest absolute Gasteiger partial charge is 0.398 e. The van der Waals surface area contributed by atoms with Gasteiger partial charge in [-0.2, -0.15) is 0 Å². The van der Waals surface area contributed by atoms with Gasteiger partial charge in [-0.1, -0.05) is 6.07 Å². The number of benzene rings is 1. The normalized spacial score (nSPS) is 28.1. The van der Waals surface area contributed by atoms with Gasteiger partial charge in [0.1, 0.15) is 0 Å². The molecule has 0 radical (unpaired) electrons. The highest BCUT2D eigenvalue weighted by Gasteiger charge is 2.41. The van der Waals surface area contributed by atoms with Crippen LogP contribution < -0.4 is 10.6 Å². The van der Waals surface area contributed by atoms with Crippen LogP contribution >= 0.6 is 0 Å². The van der Waals surface area contributed by atoms with Crippen molar-refractivity contribution in [2.75, 3.05) is 43.5 Å².